The Morgan fingerprint density at radius 3 is 2.73 bits per heavy atom. The fourth-order valence-corrected chi connectivity index (χ4v) is 5.51. The van der Waals surface area contributed by atoms with Crippen molar-refractivity contribution in [2.45, 2.75) is 30.7 Å². The van der Waals surface area contributed by atoms with Crippen LogP contribution in [0.2, 0.25) is 5.02 Å². The van der Waals surface area contributed by atoms with Crippen LogP contribution in [-0.2, 0) is 14.8 Å². The number of rotatable bonds is 5. The number of sulfonamides is 1. The number of fused-ring (bicyclic) bond motifs is 1. The molecule has 1 saturated heterocycles. The fraction of sp³-hybridized carbons (Fsp3) is 0.238. The lowest BCUT2D eigenvalue weighted by Gasteiger charge is -2.22. The average molecular weight is 445 g/mol. The highest BCUT2D eigenvalue weighted by Gasteiger charge is 2.39. The van der Waals surface area contributed by atoms with Crippen LogP contribution < -0.4 is 5.43 Å². The van der Waals surface area contributed by atoms with Gasteiger partial charge in [-0.3, -0.25) is 4.79 Å². The molecule has 0 unspecified atom stereocenters. The maximum atomic E-state index is 13.0. The van der Waals surface area contributed by atoms with E-state index in [1.54, 1.807) is 6.21 Å². The van der Waals surface area contributed by atoms with Gasteiger partial charge >= 0.3 is 0 Å². The SMILES string of the molecule is Cc1[nH]c2ccccc2c1/C=N\NC(=O)[C@H]1CCCN1S(=O)(=O)c1ccc(Cl)cc1. The van der Waals surface area contributed by atoms with Crippen molar-refractivity contribution in [2.24, 2.45) is 5.10 Å². The molecule has 2 aromatic carbocycles. The summed E-state index contributed by atoms with van der Waals surface area (Å²) in [4.78, 5) is 16.1. The molecule has 1 atom stereocenters. The van der Waals surface area contributed by atoms with Crippen LogP contribution >= 0.6 is 11.6 Å². The van der Waals surface area contributed by atoms with Gasteiger partial charge in [0.05, 0.1) is 11.1 Å². The number of aryl methyl sites for hydroxylation is 1. The van der Waals surface area contributed by atoms with Crippen molar-refractivity contribution in [3.8, 4) is 0 Å². The molecule has 30 heavy (non-hydrogen) atoms. The van der Waals surface area contributed by atoms with Crippen molar-refractivity contribution in [3.63, 3.8) is 0 Å². The van der Waals surface area contributed by atoms with Gasteiger partial charge in [0.1, 0.15) is 6.04 Å². The van der Waals surface area contributed by atoms with Gasteiger partial charge in [0.25, 0.3) is 5.91 Å². The predicted octanol–water partition coefficient (Wildman–Crippen LogP) is 3.43. The topological polar surface area (TPSA) is 94.6 Å². The van der Waals surface area contributed by atoms with E-state index in [2.05, 4.69) is 15.5 Å². The van der Waals surface area contributed by atoms with Crippen molar-refractivity contribution < 1.29 is 13.2 Å². The third kappa shape index (κ3) is 3.86. The lowest BCUT2D eigenvalue weighted by Crippen LogP contribution is -2.44. The Balaban J connectivity index is 1.50. The molecular weight excluding hydrogens is 424 g/mol. The molecule has 1 aliphatic rings. The molecular formula is C21H21ClN4O3S. The number of carbonyl (C=O) groups is 1. The van der Waals surface area contributed by atoms with Crippen molar-refractivity contribution in [1.29, 1.82) is 0 Å². The van der Waals surface area contributed by atoms with E-state index in [1.165, 1.54) is 28.6 Å². The van der Waals surface area contributed by atoms with Gasteiger partial charge in [-0.15, -0.1) is 0 Å². The van der Waals surface area contributed by atoms with E-state index >= 15 is 0 Å². The molecule has 0 aliphatic carbocycles. The third-order valence-corrected chi connectivity index (χ3v) is 7.41. The number of hydrogen-bond donors (Lipinski definition) is 2. The standard InChI is InChI=1S/C21H21ClN4O3S/c1-14-18(17-5-2-3-6-19(17)24-14)13-23-25-21(27)20-7-4-12-26(20)30(28,29)16-10-8-15(22)9-11-16/h2-3,5-6,8-11,13,20,24H,4,7,12H2,1H3,(H,25,27)/b23-13-/t20-/m1/s1. The van der Waals surface area contributed by atoms with E-state index in [4.69, 9.17) is 11.6 Å². The zero-order chi connectivity index (χ0) is 21.3. The molecule has 0 bridgehead atoms. The van der Waals surface area contributed by atoms with Gasteiger partial charge in [0.15, 0.2) is 0 Å². The number of nitrogens with one attached hydrogen (secondary N) is 2. The van der Waals surface area contributed by atoms with Gasteiger partial charge < -0.3 is 4.98 Å². The first-order chi connectivity index (χ1) is 14.4. The molecule has 0 radical (unpaired) electrons. The summed E-state index contributed by atoms with van der Waals surface area (Å²) >= 11 is 5.86. The summed E-state index contributed by atoms with van der Waals surface area (Å²) in [7, 11) is -3.80. The monoisotopic (exact) mass is 444 g/mol. The number of hydrogen-bond acceptors (Lipinski definition) is 4. The molecule has 1 aliphatic heterocycles. The summed E-state index contributed by atoms with van der Waals surface area (Å²) in [5, 5.41) is 5.54. The van der Waals surface area contributed by atoms with E-state index in [0.29, 0.717) is 17.9 Å². The number of carbonyl (C=O) groups excluding carboxylic acids is 1. The molecule has 2 N–H and O–H groups in total. The summed E-state index contributed by atoms with van der Waals surface area (Å²) in [6.07, 6.45) is 2.63. The van der Waals surface area contributed by atoms with Crippen LogP contribution in [-0.4, -0.2) is 42.4 Å². The van der Waals surface area contributed by atoms with Crippen LogP contribution in [0.3, 0.4) is 0 Å². The zero-order valence-corrected chi connectivity index (χ0v) is 17.9. The molecule has 1 aromatic heterocycles. The number of halogens is 1. The zero-order valence-electron chi connectivity index (χ0n) is 16.3. The van der Waals surface area contributed by atoms with E-state index in [9.17, 15) is 13.2 Å². The summed E-state index contributed by atoms with van der Waals surface area (Å²) in [5.41, 5.74) is 5.30. The van der Waals surface area contributed by atoms with Gasteiger partial charge in [-0.1, -0.05) is 29.8 Å². The Kier molecular flexibility index (Phi) is 5.64. The Labute approximate surface area is 179 Å². The number of amides is 1. The quantitative estimate of drug-likeness (QED) is 0.466. The number of aromatic amines is 1. The number of nitrogens with zero attached hydrogens (tertiary/aromatic N) is 2. The first kappa shape index (κ1) is 20.6. The number of hydrazone groups is 1. The van der Waals surface area contributed by atoms with Crippen LogP contribution in [0.15, 0.2) is 58.5 Å². The van der Waals surface area contributed by atoms with Crippen LogP contribution in [0.1, 0.15) is 24.1 Å². The number of aromatic nitrogens is 1. The van der Waals surface area contributed by atoms with Gasteiger partial charge in [0, 0.05) is 33.7 Å². The van der Waals surface area contributed by atoms with Crippen LogP contribution in [0.4, 0.5) is 0 Å². The molecule has 4 rings (SSSR count). The van der Waals surface area contributed by atoms with E-state index in [1.807, 2.05) is 31.2 Å². The normalized spacial score (nSPS) is 17.7. The number of benzene rings is 2. The smallest absolute Gasteiger partial charge is 0.258 e. The first-order valence-electron chi connectivity index (χ1n) is 9.55. The molecule has 1 fully saturated rings. The second kappa shape index (κ2) is 8.22. The molecule has 9 heteroatoms. The van der Waals surface area contributed by atoms with E-state index in [0.717, 1.165) is 22.2 Å². The number of H-pyrrole nitrogens is 1. The third-order valence-electron chi connectivity index (χ3n) is 5.24. The summed E-state index contributed by atoms with van der Waals surface area (Å²) in [5.74, 6) is -0.446. The lowest BCUT2D eigenvalue weighted by atomic mass is 10.1. The average Bonchev–Trinajstić information content (AvgIpc) is 3.34. The Hall–Kier alpha value is -2.68. The van der Waals surface area contributed by atoms with Crippen molar-refractivity contribution in [1.82, 2.24) is 14.7 Å². The van der Waals surface area contributed by atoms with Crippen LogP contribution in [0, 0.1) is 6.92 Å². The molecule has 1 amide bonds. The van der Waals surface area contributed by atoms with Gasteiger partial charge in [-0.2, -0.15) is 9.41 Å². The molecule has 0 spiro atoms. The van der Waals surface area contributed by atoms with Crippen molar-refractivity contribution in [2.75, 3.05) is 6.54 Å². The largest absolute Gasteiger partial charge is 0.358 e. The first-order valence-corrected chi connectivity index (χ1v) is 11.4. The lowest BCUT2D eigenvalue weighted by molar-refractivity contribution is -0.124. The second-order valence-electron chi connectivity index (χ2n) is 7.17. The van der Waals surface area contributed by atoms with Crippen molar-refractivity contribution >= 4 is 44.6 Å². The Bertz CT molecular complexity index is 1220. The highest BCUT2D eigenvalue weighted by atomic mass is 35.5. The minimum absolute atomic E-state index is 0.115. The molecule has 3 aromatic rings. The minimum atomic E-state index is -3.80. The van der Waals surface area contributed by atoms with Crippen LogP contribution in [0.25, 0.3) is 10.9 Å². The summed E-state index contributed by atoms with van der Waals surface area (Å²) in [6.45, 7) is 2.22. The van der Waals surface area contributed by atoms with E-state index < -0.39 is 22.0 Å². The van der Waals surface area contributed by atoms with Gasteiger partial charge in [-0.25, -0.2) is 13.8 Å². The highest BCUT2D eigenvalue weighted by molar-refractivity contribution is 7.89. The molecule has 0 saturated carbocycles. The number of para-hydroxylation sites is 1. The second-order valence-corrected chi connectivity index (χ2v) is 9.50. The van der Waals surface area contributed by atoms with Gasteiger partial charge in [0.2, 0.25) is 10.0 Å². The summed E-state index contributed by atoms with van der Waals surface area (Å²) in [6, 6.07) is 13.0. The molecule has 7 nitrogen and oxygen atoms in total. The molecule has 2 heterocycles. The highest BCUT2D eigenvalue weighted by Crippen LogP contribution is 2.27. The van der Waals surface area contributed by atoms with E-state index in [-0.39, 0.29) is 11.4 Å². The Morgan fingerprint density at radius 2 is 1.97 bits per heavy atom. The fourth-order valence-electron chi connectivity index (χ4n) is 3.73. The maximum absolute atomic E-state index is 13.0. The Morgan fingerprint density at radius 1 is 1.23 bits per heavy atom. The van der Waals surface area contributed by atoms with Crippen molar-refractivity contribution in [3.05, 3.63) is 64.8 Å². The maximum Gasteiger partial charge on any atom is 0.258 e. The minimum Gasteiger partial charge on any atom is -0.358 e. The molecule has 156 valence electrons. The van der Waals surface area contributed by atoms with Gasteiger partial charge in [-0.05, 0) is 50.1 Å². The predicted molar refractivity (Wildman–Crippen MR) is 117 cm³/mol. The summed E-state index contributed by atoms with van der Waals surface area (Å²) < 4.78 is 27.2. The van der Waals surface area contributed by atoms with Crippen LogP contribution in [0.5, 0.6) is 0 Å².